The van der Waals surface area contributed by atoms with Crippen molar-refractivity contribution >= 4 is 15.9 Å². The summed E-state index contributed by atoms with van der Waals surface area (Å²) < 4.78 is 0. The summed E-state index contributed by atoms with van der Waals surface area (Å²) in [5, 5.41) is 1.14. The van der Waals surface area contributed by atoms with Crippen LogP contribution in [-0.4, -0.2) is 53.4 Å². The fourth-order valence-corrected chi connectivity index (χ4v) is 4.19. The molecule has 0 saturated carbocycles. The zero-order valence-electron chi connectivity index (χ0n) is 11.5. The van der Waals surface area contributed by atoms with E-state index in [1.165, 1.54) is 39.0 Å². The van der Waals surface area contributed by atoms with E-state index in [4.69, 9.17) is 0 Å². The molecule has 3 heteroatoms. The first-order valence-electron chi connectivity index (χ1n) is 7.16. The Morgan fingerprint density at radius 1 is 1.29 bits per heavy atom. The standard InChI is InChI=1S/C14H27BrN2/c1-11(2)13(7-15)9-17-10-14-5-4-6-16(14)8-12(17)3/h11-14H,4-10H2,1-3H3. The van der Waals surface area contributed by atoms with Gasteiger partial charge in [-0.3, -0.25) is 9.80 Å². The van der Waals surface area contributed by atoms with Gasteiger partial charge in [0.25, 0.3) is 0 Å². The molecule has 0 spiro atoms. The number of nitrogens with zero attached hydrogens (tertiary/aromatic N) is 2. The molecule has 0 aromatic carbocycles. The van der Waals surface area contributed by atoms with Crippen LogP contribution in [0.4, 0.5) is 0 Å². The van der Waals surface area contributed by atoms with Gasteiger partial charge in [-0.05, 0) is 38.1 Å². The Kier molecular flexibility index (Phi) is 4.90. The fraction of sp³-hybridized carbons (Fsp3) is 1.00. The van der Waals surface area contributed by atoms with E-state index in [-0.39, 0.29) is 0 Å². The average molecular weight is 303 g/mol. The Balaban J connectivity index is 1.91. The smallest absolute Gasteiger partial charge is 0.0224 e. The van der Waals surface area contributed by atoms with Crippen molar-refractivity contribution in [2.24, 2.45) is 11.8 Å². The van der Waals surface area contributed by atoms with Crippen molar-refractivity contribution in [3.8, 4) is 0 Å². The maximum atomic E-state index is 3.68. The second-order valence-electron chi connectivity index (χ2n) is 6.25. The molecule has 2 heterocycles. The van der Waals surface area contributed by atoms with E-state index >= 15 is 0 Å². The number of alkyl halides is 1. The lowest BCUT2D eigenvalue weighted by atomic mass is 9.96. The average Bonchev–Trinajstić information content (AvgIpc) is 2.72. The monoisotopic (exact) mass is 302 g/mol. The lowest BCUT2D eigenvalue weighted by Gasteiger charge is -2.44. The quantitative estimate of drug-likeness (QED) is 0.737. The molecule has 0 aliphatic carbocycles. The highest BCUT2D eigenvalue weighted by molar-refractivity contribution is 9.09. The molecule has 0 radical (unpaired) electrons. The highest BCUT2D eigenvalue weighted by Crippen LogP contribution is 2.26. The number of rotatable bonds is 4. The minimum atomic E-state index is 0.740. The van der Waals surface area contributed by atoms with Gasteiger partial charge in [-0.25, -0.2) is 0 Å². The molecule has 0 aromatic heterocycles. The Morgan fingerprint density at radius 3 is 2.71 bits per heavy atom. The van der Waals surface area contributed by atoms with Crippen LogP contribution in [-0.2, 0) is 0 Å². The molecule has 2 aliphatic rings. The molecule has 3 unspecified atom stereocenters. The summed E-state index contributed by atoms with van der Waals surface area (Å²) in [4.78, 5) is 5.44. The molecule has 17 heavy (non-hydrogen) atoms. The van der Waals surface area contributed by atoms with Gasteiger partial charge in [-0.1, -0.05) is 29.8 Å². The molecule has 2 rings (SSSR count). The first-order valence-corrected chi connectivity index (χ1v) is 8.28. The van der Waals surface area contributed by atoms with Gasteiger partial charge in [0.2, 0.25) is 0 Å². The van der Waals surface area contributed by atoms with Gasteiger partial charge >= 0.3 is 0 Å². The molecule has 0 amide bonds. The predicted octanol–water partition coefficient (Wildman–Crippen LogP) is 2.82. The number of fused-ring (bicyclic) bond motifs is 1. The third-order valence-electron chi connectivity index (χ3n) is 4.68. The summed E-state index contributed by atoms with van der Waals surface area (Å²) in [5.41, 5.74) is 0. The highest BCUT2D eigenvalue weighted by Gasteiger charge is 2.35. The lowest BCUT2D eigenvalue weighted by molar-refractivity contribution is 0.0456. The second kappa shape index (κ2) is 6.03. The van der Waals surface area contributed by atoms with Crippen molar-refractivity contribution < 1.29 is 0 Å². The van der Waals surface area contributed by atoms with Crippen molar-refractivity contribution in [3.05, 3.63) is 0 Å². The number of hydrogen-bond acceptors (Lipinski definition) is 2. The first kappa shape index (κ1) is 13.8. The fourth-order valence-electron chi connectivity index (χ4n) is 3.24. The Labute approximate surface area is 115 Å². The molecule has 3 atom stereocenters. The van der Waals surface area contributed by atoms with E-state index in [9.17, 15) is 0 Å². The van der Waals surface area contributed by atoms with Gasteiger partial charge < -0.3 is 0 Å². The van der Waals surface area contributed by atoms with Gasteiger partial charge in [-0.15, -0.1) is 0 Å². The van der Waals surface area contributed by atoms with E-state index in [0.717, 1.165) is 29.2 Å². The van der Waals surface area contributed by atoms with Crippen molar-refractivity contribution in [1.29, 1.82) is 0 Å². The maximum absolute atomic E-state index is 3.68. The maximum Gasteiger partial charge on any atom is 0.0224 e. The minimum Gasteiger partial charge on any atom is -0.298 e. The minimum absolute atomic E-state index is 0.740. The van der Waals surface area contributed by atoms with E-state index in [1.54, 1.807) is 0 Å². The van der Waals surface area contributed by atoms with Gasteiger partial charge in [0.1, 0.15) is 0 Å². The number of hydrogen-bond donors (Lipinski definition) is 0. The van der Waals surface area contributed by atoms with Gasteiger partial charge in [-0.2, -0.15) is 0 Å². The molecule has 0 N–H and O–H groups in total. The van der Waals surface area contributed by atoms with Crippen LogP contribution in [0.15, 0.2) is 0 Å². The molecule has 0 aromatic rings. The van der Waals surface area contributed by atoms with Crippen LogP contribution in [0.5, 0.6) is 0 Å². The number of halogens is 1. The van der Waals surface area contributed by atoms with Crippen LogP contribution in [0.1, 0.15) is 33.6 Å². The first-order chi connectivity index (χ1) is 8.11. The molecular formula is C14H27BrN2. The third kappa shape index (κ3) is 3.24. The van der Waals surface area contributed by atoms with Crippen LogP contribution < -0.4 is 0 Å². The number of piperazine rings is 1. The summed E-state index contributed by atoms with van der Waals surface area (Å²) in [6.07, 6.45) is 2.83. The molecule has 2 aliphatic heterocycles. The summed E-state index contributed by atoms with van der Waals surface area (Å²) in [7, 11) is 0. The van der Waals surface area contributed by atoms with Gasteiger partial charge in [0.15, 0.2) is 0 Å². The second-order valence-corrected chi connectivity index (χ2v) is 6.90. The van der Waals surface area contributed by atoms with Gasteiger partial charge in [0.05, 0.1) is 0 Å². The summed E-state index contributed by atoms with van der Waals surface area (Å²) >= 11 is 3.68. The summed E-state index contributed by atoms with van der Waals surface area (Å²) in [6, 6.07) is 1.60. The van der Waals surface area contributed by atoms with Crippen molar-refractivity contribution in [3.63, 3.8) is 0 Å². The van der Waals surface area contributed by atoms with E-state index in [1.807, 2.05) is 0 Å². The van der Waals surface area contributed by atoms with Crippen LogP contribution in [0.3, 0.4) is 0 Å². The molecular weight excluding hydrogens is 276 g/mol. The zero-order chi connectivity index (χ0) is 12.4. The SMILES string of the molecule is CC(C)C(CBr)CN1CC2CCCN2CC1C. The lowest BCUT2D eigenvalue weighted by Crippen LogP contribution is -2.56. The highest BCUT2D eigenvalue weighted by atomic mass is 79.9. The van der Waals surface area contributed by atoms with Crippen LogP contribution >= 0.6 is 15.9 Å². The summed E-state index contributed by atoms with van der Waals surface area (Å²) in [6.45, 7) is 12.3. The largest absolute Gasteiger partial charge is 0.298 e. The molecule has 0 bridgehead atoms. The molecule has 2 nitrogen and oxygen atoms in total. The zero-order valence-corrected chi connectivity index (χ0v) is 13.1. The van der Waals surface area contributed by atoms with Gasteiger partial charge in [0, 0.05) is 37.0 Å². The Hall–Kier alpha value is 0.400. The predicted molar refractivity (Wildman–Crippen MR) is 77.8 cm³/mol. The Morgan fingerprint density at radius 2 is 2.06 bits per heavy atom. The van der Waals surface area contributed by atoms with Crippen LogP contribution in [0, 0.1) is 11.8 Å². The van der Waals surface area contributed by atoms with Crippen molar-refractivity contribution in [1.82, 2.24) is 9.80 Å². The normalized spacial score (nSPS) is 33.0. The third-order valence-corrected chi connectivity index (χ3v) is 5.51. The van der Waals surface area contributed by atoms with Crippen molar-refractivity contribution in [2.45, 2.75) is 45.7 Å². The Bertz CT molecular complexity index is 244. The van der Waals surface area contributed by atoms with Crippen LogP contribution in [0.2, 0.25) is 0 Å². The van der Waals surface area contributed by atoms with E-state index < -0.39 is 0 Å². The van der Waals surface area contributed by atoms with E-state index in [2.05, 4.69) is 46.5 Å². The van der Waals surface area contributed by atoms with E-state index in [0.29, 0.717) is 0 Å². The topological polar surface area (TPSA) is 6.48 Å². The van der Waals surface area contributed by atoms with Crippen LogP contribution in [0.25, 0.3) is 0 Å². The summed E-state index contributed by atoms with van der Waals surface area (Å²) in [5.74, 6) is 1.58. The van der Waals surface area contributed by atoms with Crippen molar-refractivity contribution in [2.75, 3.05) is 31.5 Å². The molecule has 100 valence electrons. The molecule has 2 fully saturated rings. The molecule has 2 saturated heterocycles.